The summed E-state index contributed by atoms with van der Waals surface area (Å²) < 4.78 is 14.5. The second-order valence-corrected chi connectivity index (χ2v) is 6.68. The zero-order valence-electron chi connectivity index (χ0n) is 14.6. The lowest BCUT2D eigenvalue weighted by Crippen LogP contribution is -2.10. The molecule has 27 heavy (non-hydrogen) atoms. The Morgan fingerprint density at radius 2 is 1.96 bits per heavy atom. The average molecular weight is 377 g/mol. The Morgan fingerprint density at radius 1 is 1.11 bits per heavy atom. The Morgan fingerprint density at radius 3 is 2.78 bits per heavy atom. The number of para-hydroxylation sites is 1. The van der Waals surface area contributed by atoms with Gasteiger partial charge in [0, 0.05) is 41.2 Å². The first-order valence-corrected chi connectivity index (χ1v) is 8.92. The van der Waals surface area contributed by atoms with Gasteiger partial charge in [-0.2, -0.15) is 0 Å². The highest BCUT2D eigenvalue weighted by Crippen LogP contribution is 2.34. The summed E-state index contributed by atoms with van der Waals surface area (Å²) in [5.74, 6) is -0.277. The summed E-state index contributed by atoms with van der Waals surface area (Å²) in [4.78, 5) is 8.42. The molecule has 0 saturated heterocycles. The van der Waals surface area contributed by atoms with Gasteiger partial charge in [0.1, 0.15) is 5.82 Å². The molecule has 1 atom stereocenters. The number of aromatic nitrogens is 2. The summed E-state index contributed by atoms with van der Waals surface area (Å²) in [6, 6.07) is 17.2. The molecular formula is C22H16ClFN3. The minimum Gasteiger partial charge on any atom is -0.377 e. The van der Waals surface area contributed by atoms with Crippen molar-refractivity contribution >= 4 is 28.2 Å². The number of rotatable bonds is 4. The molecule has 4 rings (SSSR count). The van der Waals surface area contributed by atoms with Crippen molar-refractivity contribution in [1.82, 2.24) is 9.97 Å². The van der Waals surface area contributed by atoms with Crippen LogP contribution >= 0.6 is 11.6 Å². The van der Waals surface area contributed by atoms with Crippen LogP contribution in [-0.2, 0) is 0 Å². The molecule has 2 aromatic heterocycles. The van der Waals surface area contributed by atoms with Crippen LogP contribution in [0.3, 0.4) is 0 Å². The van der Waals surface area contributed by atoms with E-state index in [4.69, 9.17) is 11.6 Å². The number of anilines is 1. The van der Waals surface area contributed by atoms with E-state index < -0.39 is 0 Å². The number of nitrogens with zero attached hydrogens (tertiary/aromatic N) is 2. The number of hydrogen-bond donors (Lipinski definition) is 1. The molecule has 2 heterocycles. The van der Waals surface area contributed by atoms with Gasteiger partial charge in [0.15, 0.2) is 0 Å². The number of pyridine rings is 2. The first kappa shape index (κ1) is 17.4. The van der Waals surface area contributed by atoms with Gasteiger partial charge >= 0.3 is 0 Å². The minimum absolute atomic E-state index is 0.277. The number of benzene rings is 2. The zero-order chi connectivity index (χ0) is 18.8. The maximum Gasteiger partial charge on any atom is 0.128 e. The lowest BCUT2D eigenvalue weighted by atomic mass is 10.00. The molecule has 0 saturated carbocycles. The highest BCUT2D eigenvalue weighted by molar-refractivity contribution is 6.34. The third-order valence-corrected chi connectivity index (χ3v) is 4.77. The Labute approximate surface area is 161 Å². The van der Waals surface area contributed by atoms with Gasteiger partial charge in [-0.05, 0) is 36.8 Å². The van der Waals surface area contributed by atoms with Crippen molar-refractivity contribution in [2.24, 2.45) is 0 Å². The molecule has 0 aliphatic carbocycles. The lowest BCUT2D eigenvalue weighted by Gasteiger charge is -2.19. The van der Waals surface area contributed by atoms with E-state index >= 15 is 0 Å². The van der Waals surface area contributed by atoms with Gasteiger partial charge in [-0.25, -0.2) is 4.39 Å². The summed E-state index contributed by atoms with van der Waals surface area (Å²) in [7, 11) is 0. The fraction of sp³-hybridized carbons (Fsp3) is 0.0909. The summed E-state index contributed by atoms with van der Waals surface area (Å²) in [5, 5.41) is 4.75. The predicted molar refractivity (Wildman–Crippen MR) is 107 cm³/mol. The summed E-state index contributed by atoms with van der Waals surface area (Å²) >= 11 is 6.37. The van der Waals surface area contributed by atoms with Crippen molar-refractivity contribution in [2.75, 3.05) is 5.32 Å². The summed E-state index contributed by atoms with van der Waals surface area (Å²) in [6.45, 7) is 1.91. The molecule has 0 aliphatic rings. The van der Waals surface area contributed by atoms with Crippen LogP contribution in [0.4, 0.5) is 10.1 Å². The van der Waals surface area contributed by atoms with E-state index in [1.54, 1.807) is 24.7 Å². The largest absolute Gasteiger partial charge is 0.377 e. The third-order valence-electron chi connectivity index (χ3n) is 4.49. The minimum atomic E-state index is -0.297. The zero-order valence-corrected chi connectivity index (χ0v) is 15.3. The number of nitrogens with one attached hydrogen (secondary N) is 1. The molecule has 3 nitrogen and oxygen atoms in total. The third kappa shape index (κ3) is 3.49. The highest BCUT2D eigenvalue weighted by atomic mass is 35.5. The number of fused-ring (bicyclic) bond motifs is 1. The van der Waals surface area contributed by atoms with E-state index in [2.05, 4.69) is 21.4 Å². The molecule has 4 aromatic rings. The molecule has 0 bridgehead atoms. The predicted octanol–water partition coefficient (Wildman–Crippen LogP) is 6.06. The summed E-state index contributed by atoms with van der Waals surface area (Å²) in [5.41, 5.74) is 3.90. The molecule has 0 spiro atoms. The second kappa shape index (κ2) is 7.33. The second-order valence-electron chi connectivity index (χ2n) is 6.27. The normalized spacial score (nSPS) is 12.1. The molecule has 0 amide bonds. The van der Waals surface area contributed by atoms with E-state index in [1.165, 1.54) is 6.07 Å². The van der Waals surface area contributed by atoms with Crippen LogP contribution in [0.1, 0.15) is 18.5 Å². The Bertz CT molecular complexity index is 1100. The van der Waals surface area contributed by atoms with Crippen LogP contribution in [0.25, 0.3) is 22.0 Å². The van der Waals surface area contributed by atoms with Gasteiger partial charge < -0.3 is 5.32 Å². The van der Waals surface area contributed by atoms with Crippen LogP contribution in [0, 0.1) is 11.9 Å². The number of hydrogen-bond acceptors (Lipinski definition) is 3. The van der Waals surface area contributed by atoms with E-state index in [-0.39, 0.29) is 11.9 Å². The van der Waals surface area contributed by atoms with Crippen molar-refractivity contribution in [3.05, 3.63) is 89.6 Å². The topological polar surface area (TPSA) is 37.8 Å². The fourth-order valence-electron chi connectivity index (χ4n) is 3.10. The van der Waals surface area contributed by atoms with Gasteiger partial charge in [0.25, 0.3) is 0 Å². The Hall–Kier alpha value is -2.98. The van der Waals surface area contributed by atoms with Gasteiger partial charge in [0.2, 0.25) is 0 Å². The van der Waals surface area contributed by atoms with Crippen LogP contribution in [-0.4, -0.2) is 9.97 Å². The SMILES string of the molecule is C[C@@H](Nc1c(Cl)cnc2ccccc12)c1cc(-c2c[c]cnc2)ccc1F. The molecule has 133 valence electrons. The van der Waals surface area contributed by atoms with Crippen molar-refractivity contribution in [3.63, 3.8) is 0 Å². The average Bonchev–Trinajstić information content (AvgIpc) is 2.71. The maximum absolute atomic E-state index is 14.5. The summed E-state index contributed by atoms with van der Waals surface area (Å²) in [6.07, 6.45) is 4.94. The van der Waals surface area contributed by atoms with Gasteiger partial charge in [-0.15, -0.1) is 0 Å². The Balaban J connectivity index is 1.72. The van der Waals surface area contributed by atoms with Crippen LogP contribution in [0.2, 0.25) is 5.02 Å². The Kier molecular flexibility index (Phi) is 4.73. The standard InChI is InChI=1S/C22H16ClFN3/c1-14(27-22-17-6-2-3-7-21(17)26-13-19(22)23)18-11-15(8-9-20(18)24)16-5-4-10-25-12-16/h2-3,5-14H,1H3,(H,26,27)/t14-/m1/s1. The molecule has 5 heteroatoms. The van der Waals surface area contributed by atoms with E-state index in [9.17, 15) is 4.39 Å². The van der Waals surface area contributed by atoms with Gasteiger partial charge in [0.05, 0.1) is 22.3 Å². The first-order valence-electron chi connectivity index (χ1n) is 8.54. The van der Waals surface area contributed by atoms with Crippen molar-refractivity contribution in [1.29, 1.82) is 0 Å². The highest BCUT2D eigenvalue weighted by Gasteiger charge is 2.16. The van der Waals surface area contributed by atoms with Crippen LogP contribution in [0.5, 0.6) is 0 Å². The van der Waals surface area contributed by atoms with Gasteiger partial charge in [-0.1, -0.05) is 35.9 Å². The molecule has 0 unspecified atom stereocenters. The molecular weight excluding hydrogens is 361 g/mol. The molecule has 1 N–H and O–H groups in total. The van der Waals surface area contributed by atoms with Crippen LogP contribution < -0.4 is 5.32 Å². The van der Waals surface area contributed by atoms with E-state index in [0.717, 1.165) is 27.7 Å². The van der Waals surface area contributed by atoms with Crippen LogP contribution in [0.15, 0.2) is 67.1 Å². The monoisotopic (exact) mass is 376 g/mol. The van der Waals surface area contributed by atoms with Crippen molar-refractivity contribution in [2.45, 2.75) is 13.0 Å². The molecule has 0 fully saturated rings. The van der Waals surface area contributed by atoms with Gasteiger partial charge in [-0.3, -0.25) is 9.97 Å². The smallest absolute Gasteiger partial charge is 0.128 e. The molecule has 0 aliphatic heterocycles. The maximum atomic E-state index is 14.5. The van der Waals surface area contributed by atoms with E-state index in [1.807, 2.05) is 43.3 Å². The molecule has 2 aromatic carbocycles. The van der Waals surface area contributed by atoms with Crippen molar-refractivity contribution < 1.29 is 4.39 Å². The fourth-order valence-corrected chi connectivity index (χ4v) is 3.30. The van der Waals surface area contributed by atoms with Crippen molar-refractivity contribution in [3.8, 4) is 11.1 Å². The molecule has 1 radical (unpaired) electrons. The van der Waals surface area contributed by atoms with E-state index in [0.29, 0.717) is 10.6 Å². The first-order chi connectivity index (χ1) is 13.1. The lowest BCUT2D eigenvalue weighted by molar-refractivity contribution is 0.600. The number of halogens is 2. The quantitative estimate of drug-likeness (QED) is 0.470.